The van der Waals surface area contributed by atoms with Crippen LogP contribution in [0.1, 0.15) is 27.7 Å². The fourth-order valence-electron chi connectivity index (χ4n) is 1.89. The van der Waals surface area contributed by atoms with E-state index in [0.29, 0.717) is 13.1 Å². The summed E-state index contributed by atoms with van der Waals surface area (Å²) < 4.78 is 0. The SMILES string of the molecule is CC(C)NC(=O)N1CCN(C)C(=O)C1(C)C. The summed E-state index contributed by atoms with van der Waals surface area (Å²) in [5, 5.41) is 2.82. The summed E-state index contributed by atoms with van der Waals surface area (Å²) in [6, 6.07) is -0.0838. The molecule has 1 aliphatic rings. The third-order valence-electron chi connectivity index (χ3n) is 2.86. The van der Waals surface area contributed by atoms with E-state index in [1.54, 1.807) is 30.7 Å². The van der Waals surface area contributed by atoms with Gasteiger partial charge in [-0.1, -0.05) is 0 Å². The summed E-state index contributed by atoms with van der Waals surface area (Å²) in [6.45, 7) is 8.54. The van der Waals surface area contributed by atoms with Crippen molar-refractivity contribution < 1.29 is 9.59 Å². The third kappa shape index (κ3) is 2.28. The number of nitrogens with one attached hydrogen (secondary N) is 1. The Morgan fingerprint density at radius 3 is 2.44 bits per heavy atom. The second kappa shape index (κ2) is 4.31. The Morgan fingerprint density at radius 1 is 1.38 bits per heavy atom. The molecule has 92 valence electrons. The molecule has 0 atom stereocenters. The lowest BCUT2D eigenvalue weighted by Crippen LogP contribution is -2.65. The normalized spacial score (nSPS) is 20.2. The van der Waals surface area contributed by atoms with Crippen molar-refractivity contribution in [2.24, 2.45) is 0 Å². The Hall–Kier alpha value is -1.26. The van der Waals surface area contributed by atoms with E-state index in [1.165, 1.54) is 0 Å². The average molecular weight is 227 g/mol. The number of carbonyl (C=O) groups is 2. The maximum Gasteiger partial charge on any atom is 0.318 e. The number of hydrogen-bond donors (Lipinski definition) is 1. The zero-order valence-corrected chi connectivity index (χ0v) is 10.7. The van der Waals surface area contributed by atoms with E-state index in [2.05, 4.69) is 5.32 Å². The van der Waals surface area contributed by atoms with Crippen LogP contribution in [0.4, 0.5) is 4.79 Å². The number of rotatable bonds is 1. The molecule has 5 nitrogen and oxygen atoms in total. The molecular weight excluding hydrogens is 206 g/mol. The molecule has 0 unspecified atom stereocenters. The minimum absolute atomic E-state index is 0.0161. The highest BCUT2D eigenvalue weighted by molar-refractivity contribution is 5.91. The molecule has 0 aromatic heterocycles. The fraction of sp³-hybridized carbons (Fsp3) is 0.818. The van der Waals surface area contributed by atoms with Crippen LogP contribution in [0.25, 0.3) is 0 Å². The lowest BCUT2D eigenvalue weighted by Gasteiger charge is -2.44. The maximum atomic E-state index is 12.0. The monoisotopic (exact) mass is 227 g/mol. The Morgan fingerprint density at radius 2 is 1.94 bits per heavy atom. The van der Waals surface area contributed by atoms with Gasteiger partial charge in [0.05, 0.1) is 0 Å². The van der Waals surface area contributed by atoms with Crippen LogP contribution in [0.2, 0.25) is 0 Å². The van der Waals surface area contributed by atoms with Gasteiger partial charge in [-0.25, -0.2) is 4.79 Å². The first-order valence-electron chi connectivity index (χ1n) is 5.60. The van der Waals surface area contributed by atoms with Crippen molar-refractivity contribution in [3.8, 4) is 0 Å². The van der Waals surface area contributed by atoms with E-state index in [4.69, 9.17) is 0 Å². The van der Waals surface area contributed by atoms with Crippen molar-refractivity contribution in [1.82, 2.24) is 15.1 Å². The summed E-state index contributed by atoms with van der Waals surface area (Å²) in [7, 11) is 1.77. The first kappa shape index (κ1) is 12.8. The summed E-state index contributed by atoms with van der Waals surface area (Å²) >= 11 is 0. The quantitative estimate of drug-likeness (QED) is 0.715. The first-order chi connectivity index (χ1) is 7.26. The Labute approximate surface area is 96.8 Å². The standard InChI is InChI=1S/C11H21N3O2/c1-8(2)12-10(16)14-7-6-13(5)9(15)11(14,3)4/h8H,6-7H2,1-5H3,(H,12,16). The van der Waals surface area contributed by atoms with Gasteiger partial charge in [-0.2, -0.15) is 0 Å². The van der Waals surface area contributed by atoms with Gasteiger partial charge in [-0.05, 0) is 27.7 Å². The highest BCUT2D eigenvalue weighted by Crippen LogP contribution is 2.21. The van der Waals surface area contributed by atoms with Gasteiger partial charge >= 0.3 is 6.03 Å². The van der Waals surface area contributed by atoms with Gasteiger partial charge in [-0.3, -0.25) is 4.79 Å². The lowest BCUT2D eigenvalue weighted by molar-refractivity contribution is -0.144. The largest absolute Gasteiger partial charge is 0.342 e. The van der Waals surface area contributed by atoms with Crippen LogP contribution in [-0.4, -0.2) is 53.5 Å². The van der Waals surface area contributed by atoms with Gasteiger partial charge < -0.3 is 15.1 Å². The summed E-state index contributed by atoms with van der Waals surface area (Å²) in [5.74, 6) is -0.0161. The summed E-state index contributed by atoms with van der Waals surface area (Å²) in [5.41, 5.74) is -0.758. The van der Waals surface area contributed by atoms with Crippen LogP contribution in [0.5, 0.6) is 0 Å². The number of piperazine rings is 1. The smallest absolute Gasteiger partial charge is 0.318 e. The van der Waals surface area contributed by atoms with E-state index in [0.717, 1.165) is 0 Å². The molecule has 0 aromatic rings. The van der Waals surface area contributed by atoms with Crippen LogP contribution in [0.3, 0.4) is 0 Å². The predicted molar refractivity (Wildman–Crippen MR) is 62.1 cm³/mol. The molecule has 3 amide bonds. The number of urea groups is 1. The molecule has 1 heterocycles. The Bertz CT molecular complexity index is 300. The lowest BCUT2D eigenvalue weighted by atomic mass is 9.98. The Balaban J connectivity index is 2.81. The molecule has 1 N–H and O–H groups in total. The molecule has 0 bridgehead atoms. The van der Waals surface area contributed by atoms with Gasteiger partial charge in [0.1, 0.15) is 5.54 Å². The van der Waals surface area contributed by atoms with Crippen LogP contribution in [-0.2, 0) is 4.79 Å². The topological polar surface area (TPSA) is 52.7 Å². The molecule has 0 radical (unpaired) electrons. The summed E-state index contributed by atoms with van der Waals surface area (Å²) in [6.07, 6.45) is 0. The van der Waals surface area contributed by atoms with E-state index >= 15 is 0 Å². The van der Waals surface area contributed by atoms with E-state index in [9.17, 15) is 9.59 Å². The average Bonchev–Trinajstić information content (AvgIpc) is 2.13. The highest BCUT2D eigenvalue weighted by atomic mass is 16.2. The van der Waals surface area contributed by atoms with E-state index in [-0.39, 0.29) is 18.0 Å². The summed E-state index contributed by atoms with van der Waals surface area (Å²) in [4.78, 5) is 27.1. The molecule has 16 heavy (non-hydrogen) atoms. The van der Waals surface area contributed by atoms with Crippen LogP contribution in [0, 0.1) is 0 Å². The molecule has 1 rings (SSSR count). The zero-order valence-electron chi connectivity index (χ0n) is 10.7. The molecule has 0 spiro atoms. The minimum Gasteiger partial charge on any atom is -0.342 e. The third-order valence-corrected chi connectivity index (χ3v) is 2.86. The number of amides is 3. The maximum absolute atomic E-state index is 12.0. The second-order valence-electron chi connectivity index (χ2n) is 5.04. The molecular formula is C11H21N3O2. The van der Waals surface area contributed by atoms with Crippen LogP contribution >= 0.6 is 0 Å². The van der Waals surface area contributed by atoms with Crippen molar-refractivity contribution in [3.63, 3.8) is 0 Å². The number of likely N-dealkylation sites (N-methyl/N-ethyl adjacent to an activating group) is 1. The number of hydrogen-bond acceptors (Lipinski definition) is 2. The molecule has 0 aliphatic carbocycles. The minimum atomic E-state index is -0.758. The van der Waals surface area contributed by atoms with Crippen molar-refractivity contribution in [2.75, 3.05) is 20.1 Å². The van der Waals surface area contributed by atoms with Crippen molar-refractivity contribution in [1.29, 1.82) is 0 Å². The number of nitrogens with zero attached hydrogens (tertiary/aromatic N) is 2. The van der Waals surface area contributed by atoms with E-state index < -0.39 is 5.54 Å². The first-order valence-corrected chi connectivity index (χ1v) is 5.60. The molecule has 1 saturated heterocycles. The molecule has 1 fully saturated rings. The van der Waals surface area contributed by atoms with Gasteiger partial charge in [0.2, 0.25) is 5.91 Å². The van der Waals surface area contributed by atoms with Gasteiger partial charge in [0.25, 0.3) is 0 Å². The zero-order chi connectivity index (χ0) is 12.5. The van der Waals surface area contributed by atoms with Crippen molar-refractivity contribution >= 4 is 11.9 Å². The van der Waals surface area contributed by atoms with Gasteiger partial charge in [-0.15, -0.1) is 0 Å². The highest BCUT2D eigenvalue weighted by Gasteiger charge is 2.42. The Kier molecular flexibility index (Phi) is 3.45. The van der Waals surface area contributed by atoms with Gasteiger partial charge in [0.15, 0.2) is 0 Å². The molecule has 0 saturated carbocycles. The second-order valence-corrected chi connectivity index (χ2v) is 5.04. The van der Waals surface area contributed by atoms with Crippen LogP contribution < -0.4 is 5.32 Å². The van der Waals surface area contributed by atoms with E-state index in [1.807, 2.05) is 13.8 Å². The predicted octanol–water partition coefficient (Wildman–Crippen LogP) is 0.657. The van der Waals surface area contributed by atoms with Crippen molar-refractivity contribution in [2.45, 2.75) is 39.3 Å². The number of carbonyl (C=O) groups excluding carboxylic acids is 2. The van der Waals surface area contributed by atoms with Crippen molar-refractivity contribution in [3.05, 3.63) is 0 Å². The molecule has 5 heteroatoms. The molecule has 1 aliphatic heterocycles. The fourth-order valence-corrected chi connectivity index (χ4v) is 1.89. The molecule has 0 aromatic carbocycles. The van der Waals surface area contributed by atoms with Crippen LogP contribution in [0.15, 0.2) is 0 Å². The van der Waals surface area contributed by atoms with Gasteiger partial charge in [0, 0.05) is 26.2 Å².